The van der Waals surface area contributed by atoms with Crippen molar-refractivity contribution in [2.75, 3.05) is 12.8 Å². The van der Waals surface area contributed by atoms with Crippen LogP contribution in [-0.4, -0.2) is 18.0 Å². The molecule has 4 N–H and O–H groups in total. The number of carbonyl (C=O) groups excluding carboxylic acids is 1. The van der Waals surface area contributed by atoms with E-state index in [0.29, 0.717) is 28.6 Å². The Labute approximate surface area is 141 Å². The van der Waals surface area contributed by atoms with E-state index in [2.05, 4.69) is 11.9 Å². The Balaban J connectivity index is 2.20. The predicted octanol–water partition coefficient (Wildman–Crippen LogP) is 3.30. The van der Waals surface area contributed by atoms with Crippen LogP contribution in [0.2, 0.25) is 0 Å². The van der Waals surface area contributed by atoms with Gasteiger partial charge in [-0.05, 0) is 30.5 Å². The van der Waals surface area contributed by atoms with E-state index in [4.69, 9.17) is 20.9 Å². The number of nitrogens with zero attached hydrogens (tertiary/aromatic N) is 1. The maximum absolute atomic E-state index is 11.1. The quantitative estimate of drug-likeness (QED) is 0.571. The summed E-state index contributed by atoms with van der Waals surface area (Å²) in [4.78, 5) is 15.1. The van der Waals surface area contributed by atoms with E-state index in [1.807, 2.05) is 12.1 Å². The van der Waals surface area contributed by atoms with Crippen LogP contribution in [0.1, 0.15) is 42.1 Å². The number of rotatable bonds is 8. The molecule has 6 heteroatoms. The van der Waals surface area contributed by atoms with Crippen molar-refractivity contribution in [2.24, 2.45) is 5.73 Å². The van der Waals surface area contributed by atoms with Gasteiger partial charge in [-0.2, -0.15) is 0 Å². The number of nitrogen functional groups attached to an aromatic ring is 1. The van der Waals surface area contributed by atoms with Gasteiger partial charge in [-0.1, -0.05) is 25.8 Å². The summed E-state index contributed by atoms with van der Waals surface area (Å²) in [5.74, 6) is 0.766. The summed E-state index contributed by atoms with van der Waals surface area (Å²) in [5.41, 5.74) is 13.3. The zero-order chi connectivity index (χ0) is 17.5. The molecule has 0 spiro atoms. The second kappa shape index (κ2) is 8.19. The summed E-state index contributed by atoms with van der Waals surface area (Å²) in [5, 5.41) is 0. The highest BCUT2D eigenvalue weighted by Gasteiger charge is 2.14. The first-order valence-corrected chi connectivity index (χ1v) is 7.95. The van der Waals surface area contributed by atoms with E-state index in [1.54, 1.807) is 19.2 Å². The second-order valence-electron chi connectivity index (χ2n) is 5.48. The molecule has 0 atom stereocenters. The molecule has 0 aliphatic carbocycles. The molecule has 0 saturated carbocycles. The maximum atomic E-state index is 11.1. The molecule has 0 aliphatic rings. The Morgan fingerprint density at radius 3 is 2.58 bits per heavy atom. The summed E-state index contributed by atoms with van der Waals surface area (Å²) in [6, 6.07) is 6.89. The first-order chi connectivity index (χ1) is 11.6. The van der Waals surface area contributed by atoms with E-state index in [1.165, 1.54) is 6.20 Å². The molecule has 24 heavy (non-hydrogen) atoms. The Bertz CT molecular complexity index is 699. The minimum Gasteiger partial charge on any atom is -0.491 e. The Hall–Kier alpha value is -2.76. The van der Waals surface area contributed by atoms with Gasteiger partial charge in [0.25, 0.3) is 0 Å². The smallest absolute Gasteiger partial charge is 0.250 e. The summed E-state index contributed by atoms with van der Waals surface area (Å²) in [6.07, 6.45) is 5.68. The van der Waals surface area contributed by atoms with Crippen LogP contribution in [0.15, 0.2) is 30.5 Å². The number of aryl methyl sites for hydroxylation is 1. The molecule has 0 unspecified atom stereocenters. The molecule has 1 aromatic carbocycles. The lowest BCUT2D eigenvalue weighted by molar-refractivity contribution is 0.1000. The molecule has 128 valence electrons. The standard InChI is InChI=1S/C18H23N3O3/c1-3-4-5-6-12-7-9-14(17(23-2)16(12)19)24-15-10-8-13(11-21-15)18(20)22/h7-11H,3-6,19H2,1-2H3,(H2,20,22). The van der Waals surface area contributed by atoms with Crippen LogP contribution in [-0.2, 0) is 6.42 Å². The van der Waals surface area contributed by atoms with Crippen LogP contribution < -0.4 is 20.9 Å². The third kappa shape index (κ3) is 4.16. The number of amides is 1. The molecule has 0 aliphatic heterocycles. The van der Waals surface area contributed by atoms with Crippen LogP contribution in [0.4, 0.5) is 5.69 Å². The van der Waals surface area contributed by atoms with E-state index >= 15 is 0 Å². The predicted molar refractivity (Wildman–Crippen MR) is 93.5 cm³/mol. The highest BCUT2D eigenvalue weighted by atomic mass is 16.5. The van der Waals surface area contributed by atoms with Gasteiger partial charge in [-0.15, -0.1) is 0 Å². The van der Waals surface area contributed by atoms with Crippen molar-refractivity contribution in [2.45, 2.75) is 32.6 Å². The fraction of sp³-hybridized carbons (Fsp3) is 0.333. The zero-order valence-corrected chi connectivity index (χ0v) is 14.0. The number of ether oxygens (including phenoxy) is 2. The largest absolute Gasteiger partial charge is 0.491 e. The van der Waals surface area contributed by atoms with Gasteiger partial charge in [0.2, 0.25) is 11.8 Å². The van der Waals surface area contributed by atoms with Crippen LogP contribution >= 0.6 is 0 Å². The number of methoxy groups -OCH3 is 1. The van der Waals surface area contributed by atoms with E-state index < -0.39 is 5.91 Å². The molecule has 0 bridgehead atoms. The number of aromatic nitrogens is 1. The van der Waals surface area contributed by atoms with Gasteiger partial charge in [0.15, 0.2) is 11.5 Å². The van der Waals surface area contributed by atoms with E-state index in [9.17, 15) is 4.79 Å². The molecule has 0 radical (unpaired) electrons. The summed E-state index contributed by atoms with van der Waals surface area (Å²) >= 11 is 0. The highest BCUT2D eigenvalue weighted by Crippen LogP contribution is 2.38. The van der Waals surface area contributed by atoms with Crippen molar-refractivity contribution < 1.29 is 14.3 Å². The molecular weight excluding hydrogens is 306 g/mol. The first-order valence-electron chi connectivity index (χ1n) is 7.95. The lowest BCUT2D eigenvalue weighted by atomic mass is 10.0. The monoisotopic (exact) mass is 329 g/mol. The third-order valence-corrected chi connectivity index (χ3v) is 3.74. The third-order valence-electron chi connectivity index (χ3n) is 3.74. The average Bonchev–Trinajstić information content (AvgIpc) is 2.58. The molecule has 2 rings (SSSR count). The molecular formula is C18H23N3O3. The SMILES string of the molecule is CCCCCc1ccc(Oc2ccc(C(N)=O)cn2)c(OC)c1N. The lowest BCUT2D eigenvalue weighted by Crippen LogP contribution is -2.11. The number of unbranched alkanes of at least 4 members (excludes halogenated alkanes) is 2. The topological polar surface area (TPSA) is 100 Å². The second-order valence-corrected chi connectivity index (χ2v) is 5.48. The molecule has 0 saturated heterocycles. The van der Waals surface area contributed by atoms with Crippen LogP contribution in [0.5, 0.6) is 17.4 Å². The van der Waals surface area contributed by atoms with Crippen molar-refractivity contribution in [3.8, 4) is 17.4 Å². The summed E-state index contributed by atoms with van der Waals surface area (Å²) < 4.78 is 11.1. The average molecular weight is 329 g/mol. The van der Waals surface area contributed by atoms with Crippen molar-refractivity contribution >= 4 is 11.6 Å². The number of carbonyl (C=O) groups is 1. The highest BCUT2D eigenvalue weighted by molar-refractivity contribution is 5.92. The van der Waals surface area contributed by atoms with E-state index in [0.717, 1.165) is 31.2 Å². The zero-order valence-electron chi connectivity index (χ0n) is 14.0. The Kier molecular flexibility index (Phi) is 6.01. The molecule has 1 amide bonds. The number of anilines is 1. The molecule has 1 aromatic heterocycles. The van der Waals surface area contributed by atoms with Crippen LogP contribution in [0, 0.1) is 0 Å². The number of primary amides is 1. The van der Waals surface area contributed by atoms with Crippen LogP contribution in [0.3, 0.4) is 0 Å². The van der Waals surface area contributed by atoms with Gasteiger partial charge < -0.3 is 20.9 Å². The van der Waals surface area contributed by atoms with Gasteiger partial charge in [0.05, 0.1) is 18.4 Å². The van der Waals surface area contributed by atoms with Crippen molar-refractivity contribution in [3.63, 3.8) is 0 Å². The van der Waals surface area contributed by atoms with Crippen LogP contribution in [0.25, 0.3) is 0 Å². The van der Waals surface area contributed by atoms with Gasteiger partial charge >= 0.3 is 0 Å². The molecule has 0 fully saturated rings. The fourth-order valence-corrected chi connectivity index (χ4v) is 2.39. The number of pyridine rings is 1. The lowest BCUT2D eigenvalue weighted by Gasteiger charge is -2.15. The van der Waals surface area contributed by atoms with Gasteiger partial charge in [-0.25, -0.2) is 4.98 Å². The minimum absolute atomic E-state index is 0.320. The van der Waals surface area contributed by atoms with Crippen molar-refractivity contribution in [1.82, 2.24) is 4.98 Å². The molecule has 6 nitrogen and oxygen atoms in total. The first kappa shape index (κ1) is 17.6. The number of hydrogen-bond donors (Lipinski definition) is 2. The maximum Gasteiger partial charge on any atom is 0.250 e. The number of nitrogens with two attached hydrogens (primary N) is 2. The van der Waals surface area contributed by atoms with Crippen molar-refractivity contribution in [1.29, 1.82) is 0 Å². The Morgan fingerprint density at radius 1 is 1.21 bits per heavy atom. The fourth-order valence-electron chi connectivity index (χ4n) is 2.39. The minimum atomic E-state index is -0.535. The molecule has 1 heterocycles. The van der Waals surface area contributed by atoms with Gasteiger partial charge in [-0.3, -0.25) is 4.79 Å². The normalized spacial score (nSPS) is 10.4. The number of hydrogen-bond acceptors (Lipinski definition) is 5. The van der Waals surface area contributed by atoms with Gasteiger partial charge in [0, 0.05) is 12.3 Å². The summed E-state index contributed by atoms with van der Waals surface area (Å²) in [6.45, 7) is 2.16. The van der Waals surface area contributed by atoms with Crippen molar-refractivity contribution in [3.05, 3.63) is 41.6 Å². The number of benzene rings is 1. The Morgan fingerprint density at radius 2 is 2.00 bits per heavy atom. The van der Waals surface area contributed by atoms with Gasteiger partial charge in [0.1, 0.15) is 0 Å². The van der Waals surface area contributed by atoms with E-state index in [-0.39, 0.29) is 0 Å². The molecule has 2 aromatic rings. The summed E-state index contributed by atoms with van der Waals surface area (Å²) in [7, 11) is 1.55.